The molecule has 194 valence electrons. The topological polar surface area (TPSA) is 30.2 Å². The van der Waals surface area contributed by atoms with Gasteiger partial charge in [0.25, 0.3) is 0 Å². The molecule has 37 heavy (non-hydrogen) atoms. The predicted octanol–water partition coefficient (Wildman–Crippen LogP) is 9.15. The van der Waals surface area contributed by atoms with Gasteiger partial charge in [0, 0.05) is 23.1 Å². The summed E-state index contributed by atoms with van der Waals surface area (Å²) in [5.74, 6) is -3.24. The Kier molecular flexibility index (Phi) is 8.47. The summed E-state index contributed by atoms with van der Waals surface area (Å²) in [5, 5.41) is 0.109. The largest absolute Gasteiger partial charge is 0.427 e. The van der Waals surface area contributed by atoms with Gasteiger partial charge in [0.15, 0.2) is 11.6 Å². The van der Waals surface area contributed by atoms with Gasteiger partial charge in [0.05, 0.1) is 0 Å². The standard InChI is InChI=1S/C31H30F4O2/c1-3-5-6-7-8-9-10-19-11-14-23(30(35)28(19)33)20-12-15-24(26(32)18-20)25-16-13-21-17-22(4-2)37-31(36)27(21)29(25)34/h11-18H,3-10H2,1-2H3. The molecule has 2 nitrogen and oxygen atoms in total. The van der Waals surface area contributed by atoms with Gasteiger partial charge in [0.2, 0.25) is 0 Å². The van der Waals surface area contributed by atoms with Crippen molar-refractivity contribution in [3.8, 4) is 22.3 Å². The normalized spacial score (nSPS) is 11.4. The highest BCUT2D eigenvalue weighted by atomic mass is 19.2. The number of fused-ring (bicyclic) bond motifs is 1. The van der Waals surface area contributed by atoms with Crippen LogP contribution in [0.1, 0.15) is 63.7 Å². The van der Waals surface area contributed by atoms with Crippen molar-refractivity contribution in [1.82, 2.24) is 0 Å². The van der Waals surface area contributed by atoms with Crippen molar-refractivity contribution in [2.45, 2.75) is 65.2 Å². The van der Waals surface area contributed by atoms with Crippen LogP contribution in [0.15, 0.2) is 57.7 Å². The molecule has 0 aliphatic carbocycles. The van der Waals surface area contributed by atoms with E-state index in [9.17, 15) is 13.6 Å². The Morgan fingerprint density at radius 3 is 2.14 bits per heavy atom. The number of hydrogen-bond donors (Lipinski definition) is 0. The zero-order valence-electron chi connectivity index (χ0n) is 21.1. The Bertz CT molecular complexity index is 1470. The van der Waals surface area contributed by atoms with Crippen molar-refractivity contribution in [3.05, 3.63) is 93.5 Å². The van der Waals surface area contributed by atoms with Crippen LogP contribution in [-0.2, 0) is 12.8 Å². The predicted molar refractivity (Wildman–Crippen MR) is 140 cm³/mol. The molecule has 0 aliphatic heterocycles. The van der Waals surface area contributed by atoms with Gasteiger partial charge in [-0.15, -0.1) is 0 Å². The van der Waals surface area contributed by atoms with Crippen LogP contribution < -0.4 is 5.63 Å². The highest BCUT2D eigenvalue weighted by Gasteiger charge is 2.19. The molecule has 0 atom stereocenters. The monoisotopic (exact) mass is 510 g/mol. The third kappa shape index (κ3) is 5.63. The van der Waals surface area contributed by atoms with Crippen molar-refractivity contribution in [3.63, 3.8) is 0 Å². The summed E-state index contributed by atoms with van der Waals surface area (Å²) in [5.41, 5.74) is -0.670. The molecule has 0 unspecified atom stereocenters. The number of benzene rings is 3. The lowest BCUT2D eigenvalue weighted by atomic mass is 9.96. The first-order valence-electron chi connectivity index (χ1n) is 12.9. The molecular weight excluding hydrogens is 480 g/mol. The summed E-state index contributed by atoms with van der Waals surface area (Å²) in [6.45, 7) is 3.95. The average molecular weight is 511 g/mol. The molecule has 3 aromatic carbocycles. The lowest BCUT2D eigenvalue weighted by Crippen LogP contribution is -2.05. The second-order valence-electron chi connectivity index (χ2n) is 9.36. The van der Waals surface area contributed by atoms with Crippen LogP contribution in [0.4, 0.5) is 17.6 Å². The van der Waals surface area contributed by atoms with Crippen LogP contribution in [0, 0.1) is 23.3 Å². The second-order valence-corrected chi connectivity index (χ2v) is 9.36. The lowest BCUT2D eigenvalue weighted by Gasteiger charge is -2.12. The molecule has 4 aromatic rings. The highest BCUT2D eigenvalue weighted by molar-refractivity contribution is 5.88. The first kappa shape index (κ1) is 26.6. The number of unbranched alkanes of at least 4 members (excludes halogenated alkanes) is 5. The maximum Gasteiger partial charge on any atom is 0.346 e. The van der Waals surface area contributed by atoms with Gasteiger partial charge in [-0.3, -0.25) is 0 Å². The Hall–Kier alpha value is -3.41. The summed E-state index contributed by atoms with van der Waals surface area (Å²) in [4.78, 5) is 12.3. The summed E-state index contributed by atoms with van der Waals surface area (Å²) in [7, 11) is 0. The fourth-order valence-corrected chi connectivity index (χ4v) is 4.68. The van der Waals surface area contributed by atoms with Gasteiger partial charge in [-0.05, 0) is 41.5 Å². The summed E-state index contributed by atoms with van der Waals surface area (Å²) < 4.78 is 65.2. The van der Waals surface area contributed by atoms with Crippen molar-refractivity contribution < 1.29 is 22.0 Å². The van der Waals surface area contributed by atoms with Gasteiger partial charge in [-0.2, -0.15) is 0 Å². The molecule has 0 saturated carbocycles. The van der Waals surface area contributed by atoms with E-state index in [1.807, 2.05) is 6.92 Å². The van der Waals surface area contributed by atoms with E-state index in [-0.39, 0.29) is 27.6 Å². The van der Waals surface area contributed by atoms with Gasteiger partial charge in [0.1, 0.15) is 22.8 Å². The quantitative estimate of drug-likeness (QED) is 0.157. The van der Waals surface area contributed by atoms with Crippen molar-refractivity contribution in [2.75, 3.05) is 0 Å². The lowest BCUT2D eigenvalue weighted by molar-refractivity contribution is 0.469. The van der Waals surface area contributed by atoms with E-state index in [1.54, 1.807) is 12.1 Å². The Morgan fingerprint density at radius 2 is 1.41 bits per heavy atom. The van der Waals surface area contributed by atoms with Crippen molar-refractivity contribution >= 4 is 10.8 Å². The molecule has 0 spiro atoms. The Labute approximate surface area is 214 Å². The van der Waals surface area contributed by atoms with Crippen LogP contribution in [-0.4, -0.2) is 0 Å². The van der Waals surface area contributed by atoms with Crippen molar-refractivity contribution in [2.24, 2.45) is 0 Å². The minimum absolute atomic E-state index is 0.0682. The van der Waals surface area contributed by atoms with Crippen LogP contribution in [0.3, 0.4) is 0 Å². The fraction of sp³-hybridized carbons (Fsp3) is 0.323. The molecule has 6 heteroatoms. The van der Waals surface area contributed by atoms with E-state index in [0.717, 1.165) is 38.2 Å². The van der Waals surface area contributed by atoms with E-state index in [2.05, 4.69) is 6.92 Å². The molecule has 0 N–H and O–H groups in total. The maximum atomic E-state index is 15.3. The molecule has 0 bridgehead atoms. The van der Waals surface area contributed by atoms with Crippen LogP contribution >= 0.6 is 0 Å². The summed E-state index contributed by atoms with van der Waals surface area (Å²) in [6, 6.07) is 11.3. The second kappa shape index (κ2) is 11.8. The first-order valence-corrected chi connectivity index (χ1v) is 12.9. The molecule has 4 rings (SSSR count). The van der Waals surface area contributed by atoms with Crippen LogP contribution in [0.2, 0.25) is 0 Å². The zero-order chi connectivity index (χ0) is 26.5. The molecule has 0 radical (unpaired) electrons. The molecule has 0 saturated heterocycles. The van der Waals surface area contributed by atoms with E-state index >= 15 is 8.78 Å². The minimum atomic E-state index is -1.03. The average Bonchev–Trinajstić information content (AvgIpc) is 2.88. The molecule has 1 heterocycles. The zero-order valence-corrected chi connectivity index (χ0v) is 21.1. The van der Waals surface area contributed by atoms with Gasteiger partial charge in [-0.25, -0.2) is 22.4 Å². The van der Waals surface area contributed by atoms with Crippen LogP contribution in [0.25, 0.3) is 33.0 Å². The van der Waals surface area contributed by atoms with E-state index in [4.69, 9.17) is 4.42 Å². The molecule has 0 aliphatic rings. The third-order valence-electron chi connectivity index (χ3n) is 6.80. The number of hydrogen-bond acceptors (Lipinski definition) is 2. The molecule has 0 fully saturated rings. The van der Waals surface area contributed by atoms with Crippen LogP contribution in [0.5, 0.6) is 0 Å². The van der Waals surface area contributed by atoms with E-state index in [1.165, 1.54) is 36.8 Å². The number of rotatable bonds is 10. The van der Waals surface area contributed by atoms with E-state index in [0.29, 0.717) is 29.6 Å². The van der Waals surface area contributed by atoms with Crippen molar-refractivity contribution in [1.29, 1.82) is 0 Å². The highest BCUT2D eigenvalue weighted by Crippen LogP contribution is 2.34. The fourth-order valence-electron chi connectivity index (χ4n) is 4.68. The first-order chi connectivity index (χ1) is 17.8. The Balaban J connectivity index is 1.60. The van der Waals surface area contributed by atoms with Gasteiger partial charge >= 0.3 is 5.63 Å². The minimum Gasteiger partial charge on any atom is -0.427 e. The number of halogens is 4. The maximum absolute atomic E-state index is 15.3. The number of aryl methyl sites for hydroxylation is 2. The summed E-state index contributed by atoms with van der Waals surface area (Å²) >= 11 is 0. The molecule has 1 aromatic heterocycles. The third-order valence-corrected chi connectivity index (χ3v) is 6.80. The molecular formula is C31H30F4O2. The smallest absolute Gasteiger partial charge is 0.346 e. The summed E-state index contributed by atoms with van der Waals surface area (Å²) in [6.07, 6.45) is 7.20. The Morgan fingerprint density at radius 1 is 0.703 bits per heavy atom. The van der Waals surface area contributed by atoms with Gasteiger partial charge < -0.3 is 4.42 Å². The molecule has 0 amide bonds. The SMILES string of the molecule is CCCCCCCCc1ccc(-c2ccc(-c3ccc4cc(CC)oc(=O)c4c3F)c(F)c2)c(F)c1F. The van der Waals surface area contributed by atoms with E-state index < -0.39 is 28.9 Å². The van der Waals surface area contributed by atoms with Gasteiger partial charge in [-0.1, -0.05) is 82.3 Å².